The molecule has 2 bridgehead atoms. The van der Waals surface area contributed by atoms with E-state index in [4.69, 9.17) is 4.42 Å². The summed E-state index contributed by atoms with van der Waals surface area (Å²) >= 11 is 0. The average molecular weight is 206 g/mol. The first-order valence-electron chi connectivity index (χ1n) is 5.43. The molecule has 3 unspecified atom stereocenters. The van der Waals surface area contributed by atoms with Crippen molar-refractivity contribution in [3.05, 3.63) is 24.2 Å². The van der Waals surface area contributed by atoms with Gasteiger partial charge in [-0.05, 0) is 31.4 Å². The Hall–Kier alpha value is -1.29. The Balaban J connectivity index is 1.64. The van der Waals surface area contributed by atoms with Gasteiger partial charge < -0.3 is 15.1 Å². The number of hydrogen-bond acceptors (Lipinski definition) is 3. The van der Waals surface area contributed by atoms with E-state index in [1.54, 1.807) is 12.1 Å². The Labute approximate surface area is 88.0 Å². The van der Waals surface area contributed by atoms with Crippen molar-refractivity contribution in [1.29, 1.82) is 0 Å². The van der Waals surface area contributed by atoms with Crippen LogP contribution in [0.1, 0.15) is 29.8 Å². The summed E-state index contributed by atoms with van der Waals surface area (Å²) in [5.41, 5.74) is 0. The lowest BCUT2D eigenvalue weighted by atomic mass is 9.95. The fraction of sp³-hybridized carbons (Fsp3) is 0.545. The lowest BCUT2D eigenvalue weighted by Gasteiger charge is -2.20. The highest BCUT2D eigenvalue weighted by molar-refractivity contribution is 5.91. The minimum absolute atomic E-state index is 0.0978. The van der Waals surface area contributed by atoms with Crippen LogP contribution in [0.15, 0.2) is 22.8 Å². The van der Waals surface area contributed by atoms with E-state index in [0.717, 1.165) is 6.42 Å². The van der Waals surface area contributed by atoms with E-state index in [9.17, 15) is 4.79 Å². The normalized spacial score (nSPS) is 33.2. The van der Waals surface area contributed by atoms with Gasteiger partial charge in [0.15, 0.2) is 5.76 Å². The number of carbonyl (C=O) groups is 1. The van der Waals surface area contributed by atoms with Gasteiger partial charge in [-0.2, -0.15) is 0 Å². The van der Waals surface area contributed by atoms with Crippen molar-refractivity contribution in [3.63, 3.8) is 0 Å². The van der Waals surface area contributed by atoms with Gasteiger partial charge in [0.05, 0.1) is 6.26 Å². The van der Waals surface area contributed by atoms with Gasteiger partial charge in [0.1, 0.15) is 0 Å². The third kappa shape index (κ3) is 1.55. The number of furan rings is 1. The molecule has 15 heavy (non-hydrogen) atoms. The van der Waals surface area contributed by atoms with E-state index < -0.39 is 0 Å². The summed E-state index contributed by atoms with van der Waals surface area (Å²) in [6, 6.07) is 4.77. The van der Waals surface area contributed by atoms with Crippen LogP contribution in [-0.4, -0.2) is 24.0 Å². The maximum Gasteiger partial charge on any atom is 0.287 e. The topological polar surface area (TPSA) is 54.3 Å². The highest BCUT2D eigenvalue weighted by atomic mass is 16.3. The quantitative estimate of drug-likeness (QED) is 0.756. The minimum Gasteiger partial charge on any atom is -0.459 e. The van der Waals surface area contributed by atoms with Gasteiger partial charge in [-0.3, -0.25) is 4.79 Å². The number of hydrogen-bond donors (Lipinski definition) is 2. The van der Waals surface area contributed by atoms with E-state index in [2.05, 4.69) is 10.6 Å². The molecule has 3 rings (SSSR count). The monoisotopic (exact) mass is 206 g/mol. The summed E-state index contributed by atoms with van der Waals surface area (Å²) in [4.78, 5) is 11.7. The van der Waals surface area contributed by atoms with Gasteiger partial charge in [0.2, 0.25) is 0 Å². The zero-order valence-electron chi connectivity index (χ0n) is 8.40. The molecule has 0 aliphatic carbocycles. The van der Waals surface area contributed by atoms with Crippen molar-refractivity contribution < 1.29 is 9.21 Å². The largest absolute Gasteiger partial charge is 0.459 e. The molecule has 0 aromatic carbocycles. The van der Waals surface area contributed by atoms with Crippen LogP contribution in [0.5, 0.6) is 0 Å². The van der Waals surface area contributed by atoms with Gasteiger partial charge in [0, 0.05) is 18.1 Å². The van der Waals surface area contributed by atoms with E-state index in [1.807, 2.05) is 0 Å². The summed E-state index contributed by atoms with van der Waals surface area (Å²) in [6.07, 6.45) is 5.00. The third-order valence-electron chi connectivity index (χ3n) is 3.36. The maximum absolute atomic E-state index is 11.7. The fourth-order valence-corrected chi connectivity index (χ4v) is 2.63. The first-order valence-corrected chi connectivity index (χ1v) is 5.43. The van der Waals surface area contributed by atoms with Crippen LogP contribution in [0.4, 0.5) is 0 Å². The molecule has 2 saturated heterocycles. The van der Waals surface area contributed by atoms with Crippen LogP contribution >= 0.6 is 0 Å². The summed E-state index contributed by atoms with van der Waals surface area (Å²) in [7, 11) is 0. The van der Waals surface area contributed by atoms with Crippen molar-refractivity contribution in [2.45, 2.75) is 37.4 Å². The van der Waals surface area contributed by atoms with Crippen LogP contribution < -0.4 is 10.6 Å². The highest BCUT2D eigenvalue weighted by Crippen LogP contribution is 2.28. The first-order chi connectivity index (χ1) is 7.33. The molecule has 1 aromatic heterocycles. The number of nitrogens with one attached hydrogen (secondary N) is 2. The average Bonchev–Trinajstić information content (AvgIpc) is 2.95. The molecule has 3 atom stereocenters. The molecule has 4 nitrogen and oxygen atoms in total. The van der Waals surface area contributed by atoms with Crippen molar-refractivity contribution in [3.8, 4) is 0 Å². The SMILES string of the molecule is O=C(NC1CC2CCC1N2)c1ccco1. The predicted octanol–water partition coefficient (Wildman–Crippen LogP) is 0.902. The molecule has 3 heterocycles. The van der Waals surface area contributed by atoms with Gasteiger partial charge >= 0.3 is 0 Å². The molecule has 2 aliphatic heterocycles. The summed E-state index contributed by atoms with van der Waals surface area (Å²) < 4.78 is 5.05. The highest BCUT2D eigenvalue weighted by Gasteiger charge is 2.39. The number of rotatable bonds is 2. The van der Waals surface area contributed by atoms with Gasteiger partial charge in [-0.15, -0.1) is 0 Å². The van der Waals surface area contributed by atoms with Crippen molar-refractivity contribution >= 4 is 5.91 Å². The molecule has 4 heteroatoms. The molecule has 2 fully saturated rings. The predicted molar refractivity (Wildman–Crippen MR) is 54.5 cm³/mol. The van der Waals surface area contributed by atoms with Crippen LogP contribution in [0.3, 0.4) is 0 Å². The van der Waals surface area contributed by atoms with Gasteiger partial charge in [-0.1, -0.05) is 0 Å². The number of amides is 1. The number of carbonyl (C=O) groups excluding carboxylic acids is 1. The molecule has 0 saturated carbocycles. The Morgan fingerprint density at radius 3 is 3.07 bits per heavy atom. The van der Waals surface area contributed by atoms with E-state index in [0.29, 0.717) is 17.8 Å². The summed E-state index contributed by atoms with van der Waals surface area (Å²) in [5, 5.41) is 6.50. The van der Waals surface area contributed by atoms with Crippen molar-refractivity contribution in [2.75, 3.05) is 0 Å². The Morgan fingerprint density at radius 2 is 2.47 bits per heavy atom. The van der Waals surface area contributed by atoms with Crippen LogP contribution in [0.25, 0.3) is 0 Å². The zero-order valence-corrected chi connectivity index (χ0v) is 8.40. The lowest BCUT2D eigenvalue weighted by molar-refractivity contribution is 0.0903. The minimum atomic E-state index is -0.0978. The second kappa shape index (κ2) is 3.38. The lowest BCUT2D eigenvalue weighted by Crippen LogP contribution is -2.42. The molecule has 0 spiro atoms. The Bertz CT molecular complexity index is 361. The molecule has 1 aromatic rings. The van der Waals surface area contributed by atoms with E-state index in [-0.39, 0.29) is 11.9 Å². The smallest absolute Gasteiger partial charge is 0.287 e. The van der Waals surface area contributed by atoms with E-state index >= 15 is 0 Å². The molecule has 1 amide bonds. The zero-order chi connectivity index (χ0) is 10.3. The van der Waals surface area contributed by atoms with Crippen LogP contribution in [0, 0.1) is 0 Å². The molecule has 0 radical (unpaired) electrons. The number of fused-ring (bicyclic) bond motifs is 2. The molecule has 80 valence electrons. The molecule has 2 aliphatic rings. The first kappa shape index (κ1) is 8.97. The molecular formula is C11H14N2O2. The fourth-order valence-electron chi connectivity index (χ4n) is 2.63. The third-order valence-corrected chi connectivity index (χ3v) is 3.36. The molecular weight excluding hydrogens is 192 g/mol. The molecule has 2 N–H and O–H groups in total. The second-order valence-electron chi connectivity index (χ2n) is 4.34. The Morgan fingerprint density at radius 1 is 1.53 bits per heavy atom. The standard InChI is InChI=1S/C11H14N2O2/c14-11(10-2-1-5-15-10)13-9-6-7-3-4-8(9)12-7/h1-2,5,7-9,12H,3-4,6H2,(H,13,14). The van der Waals surface area contributed by atoms with Crippen molar-refractivity contribution in [1.82, 2.24) is 10.6 Å². The summed E-state index contributed by atoms with van der Waals surface area (Å²) in [6.45, 7) is 0. The van der Waals surface area contributed by atoms with Crippen LogP contribution in [0.2, 0.25) is 0 Å². The maximum atomic E-state index is 11.7. The van der Waals surface area contributed by atoms with Gasteiger partial charge in [0.25, 0.3) is 5.91 Å². The second-order valence-corrected chi connectivity index (χ2v) is 4.34. The summed E-state index contributed by atoms with van der Waals surface area (Å²) in [5.74, 6) is 0.303. The van der Waals surface area contributed by atoms with E-state index in [1.165, 1.54) is 19.1 Å². The van der Waals surface area contributed by atoms with Crippen molar-refractivity contribution in [2.24, 2.45) is 0 Å². The van der Waals surface area contributed by atoms with Crippen LogP contribution in [-0.2, 0) is 0 Å². The van der Waals surface area contributed by atoms with Gasteiger partial charge in [-0.25, -0.2) is 0 Å². The Kier molecular flexibility index (Phi) is 2.02.